The van der Waals surface area contributed by atoms with Gasteiger partial charge in [-0.05, 0) is 90.7 Å². The maximum absolute atomic E-state index is 9.74. The average molecular weight is 630 g/mol. The molecule has 0 aliphatic heterocycles. The molecule has 0 fully saturated rings. The fourth-order valence-electron chi connectivity index (χ4n) is 6.93. The summed E-state index contributed by atoms with van der Waals surface area (Å²) in [6, 6.07) is 13.3. The molecule has 0 N–H and O–H groups in total. The molecule has 0 spiro atoms. The monoisotopic (exact) mass is 629 g/mol. The number of hydrogen-bond donors (Lipinski definition) is 0. The summed E-state index contributed by atoms with van der Waals surface area (Å²) in [7, 11) is 0. The van der Waals surface area contributed by atoms with Crippen LogP contribution in [0.25, 0.3) is 54.9 Å². The first kappa shape index (κ1) is 16.3. The molecule has 0 amide bonds. The van der Waals surface area contributed by atoms with E-state index in [0.29, 0.717) is 11.1 Å². The first-order valence-electron chi connectivity index (χ1n) is 23.5. The molecule has 228 valence electrons. The molecule has 0 unspecified atom stereocenters. The Morgan fingerprint density at radius 2 is 1.19 bits per heavy atom. The molecule has 1 aliphatic rings. The van der Waals surface area contributed by atoms with Gasteiger partial charge < -0.3 is 4.90 Å². The van der Waals surface area contributed by atoms with Gasteiger partial charge in [-0.2, -0.15) is 0 Å². The number of nitrogens with zero attached hydrogens (tertiary/aromatic N) is 1. The van der Waals surface area contributed by atoms with Gasteiger partial charge in [-0.25, -0.2) is 0 Å². The lowest BCUT2D eigenvalue weighted by Crippen LogP contribution is -2.25. The van der Waals surface area contributed by atoms with Crippen molar-refractivity contribution >= 4 is 38.6 Å². The van der Waals surface area contributed by atoms with Crippen LogP contribution in [0, 0.1) is 0 Å². The van der Waals surface area contributed by atoms with E-state index in [0.717, 1.165) is 33.0 Å². The molecular formula is C47H35N. The number of rotatable bonds is 5. The zero-order valence-corrected chi connectivity index (χ0v) is 26.0. The lowest BCUT2D eigenvalue weighted by Gasteiger charge is -2.39. The van der Waals surface area contributed by atoms with Crippen LogP contribution in [0.2, 0.25) is 0 Å². The minimum absolute atomic E-state index is 0.153. The lowest BCUT2D eigenvalue weighted by atomic mass is 9.66. The number of hydrogen-bond acceptors (Lipinski definition) is 1. The summed E-state index contributed by atoms with van der Waals surface area (Å²) >= 11 is 0. The Bertz CT molecular complexity index is 3320. The topological polar surface area (TPSA) is 3.24 Å². The van der Waals surface area contributed by atoms with Crippen LogP contribution < -0.4 is 4.90 Å². The van der Waals surface area contributed by atoms with Gasteiger partial charge in [0, 0.05) is 22.4 Å². The van der Waals surface area contributed by atoms with E-state index in [-0.39, 0.29) is 11.1 Å². The summed E-state index contributed by atoms with van der Waals surface area (Å²) in [6.07, 6.45) is 0. The van der Waals surface area contributed by atoms with E-state index in [1.807, 2.05) is 66.7 Å². The SMILES string of the molecule is [2H]c1c([2H])c([2H])c(-c2c([2H])c([2H])c(N(c3ccc4cccc5c4c3-c3cccc(-c4ccccc4)c3C5(C)C)c3c([2H])c([2H])c4c([2H])c([2H])c([2H])c([2H])c4c3[2H])c([2H])c2[2H])c([2H])c1[2H]. The summed E-state index contributed by atoms with van der Waals surface area (Å²) in [5, 5.41) is 0.747. The van der Waals surface area contributed by atoms with Gasteiger partial charge in [0.15, 0.2) is 0 Å². The molecule has 8 aromatic rings. The van der Waals surface area contributed by atoms with Gasteiger partial charge in [0.05, 0.1) is 27.6 Å². The average Bonchev–Trinajstić information content (AvgIpc) is 3.29. The standard InChI is InChI=1S/C47H35N/c1-47(2)42-22-11-19-36-26-30-43(45(44(36)42)41-21-12-20-40(46(41)47)35-16-7-4-8-17-35)48(39-29-25-33-15-9-10-18-37(33)31-39)38-27-23-34(24-28-38)32-13-5-3-6-14-32/h3-31H,1-2H3/i3D,5D,6D,9D,10D,13D,14D,15D,18D,23D,24D,25D,27D,28D,29D,31D. The van der Waals surface area contributed by atoms with Crippen molar-refractivity contribution in [3.8, 4) is 33.4 Å². The van der Waals surface area contributed by atoms with Gasteiger partial charge in [0.25, 0.3) is 0 Å². The van der Waals surface area contributed by atoms with E-state index < -0.39 is 130 Å². The van der Waals surface area contributed by atoms with Gasteiger partial charge in [-0.3, -0.25) is 0 Å². The first-order valence-corrected chi connectivity index (χ1v) is 15.5. The second-order valence-corrected chi connectivity index (χ2v) is 12.1. The van der Waals surface area contributed by atoms with E-state index >= 15 is 0 Å². The van der Waals surface area contributed by atoms with Gasteiger partial charge in [0.2, 0.25) is 0 Å². The number of anilines is 3. The van der Waals surface area contributed by atoms with Crippen molar-refractivity contribution in [2.75, 3.05) is 4.90 Å². The van der Waals surface area contributed by atoms with Crippen LogP contribution in [0.1, 0.15) is 46.9 Å². The molecule has 0 atom stereocenters. The highest BCUT2D eigenvalue weighted by Gasteiger charge is 2.37. The highest BCUT2D eigenvalue weighted by Crippen LogP contribution is 2.55. The summed E-state index contributed by atoms with van der Waals surface area (Å²) in [5.41, 5.74) is 2.20. The molecule has 1 heteroatoms. The van der Waals surface area contributed by atoms with Crippen LogP contribution in [0.5, 0.6) is 0 Å². The number of benzene rings is 8. The van der Waals surface area contributed by atoms with Crippen molar-refractivity contribution < 1.29 is 21.9 Å². The highest BCUT2D eigenvalue weighted by molar-refractivity contribution is 6.11. The Kier molecular flexibility index (Phi) is 3.76. The predicted octanol–water partition coefficient (Wildman–Crippen LogP) is 13.1. The largest absolute Gasteiger partial charge is 0.310 e. The van der Waals surface area contributed by atoms with Gasteiger partial charge in [-0.15, -0.1) is 0 Å². The van der Waals surface area contributed by atoms with Crippen LogP contribution in [0.3, 0.4) is 0 Å². The fraction of sp³-hybridized carbons (Fsp3) is 0.0638. The summed E-state index contributed by atoms with van der Waals surface area (Å²) in [4.78, 5) is 1.18. The van der Waals surface area contributed by atoms with E-state index in [2.05, 4.69) is 13.8 Å². The second-order valence-electron chi connectivity index (χ2n) is 12.1. The summed E-state index contributed by atoms with van der Waals surface area (Å²) in [6.45, 7) is 4.21. The summed E-state index contributed by atoms with van der Waals surface area (Å²) in [5.74, 6) is 0. The van der Waals surface area contributed by atoms with Gasteiger partial charge in [-0.1, -0.05) is 159 Å². The normalized spacial score (nSPS) is 17.6. The lowest BCUT2D eigenvalue weighted by molar-refractivity contribution is 0.647. The zero-order chi connectivity index (χ0) is 46.2. The quantitative estimate of drug-likeness (QED) is 0.183. The third kappa shape index (κ3) is 4.47. The molecule has 0 radical (unpaired) electrons. The van der Waals surface area contributed by atoms with Crippen molar-refractivity contribution in [2.45, 2.75) is 19.3 Å². The minimum atomic E-state index is -0.797. The Labute approximate surface area is 304 Å². The fourth-order valence-corrected chi connectivity index (χ4v) is 6.93. The maximum Gasteiger partial charge on any atom is 0.0651 e. The van der Waals surface area contributed by atoms with Crippen LogP contribution >= 0.6 is 0 Å². The van der Waals surface area contributed by atoms with E-state index in [9.17, 15) is 9.60 Å². The third-order valence-corrected chi connectivity index (χ3v) is 9.03. The molecule has 0 bridgehead atoms. The van der Waals surface area contributed by atoms with Crippen molar-refractivity contribution in [3.05, 3.63) is 187 Å². The van der Waals surface area contributed by atoms with Crippen molar-refractivity contribution in [3.63, 3.8) is 0 Å². The third-order valence-electron chi connectivity index (χ3n) is 9.03. The van der Waals surface area contributed by atoms with Crippen molar-refractivity contribution in [1.29, 1.82) is 0 Å². The van der Waals surface area contributed by atoms with Crippen LogP contribution in [-0.4, -0.2) is 0 Å². The minimum Gasteiger partial charge on any atom is -0.310 e. The molecule has 0 heterocycles. The zero-order valence-electron chi connectivity index (χ0n) is 42.0. The summed E-state index contributed by atoms with van der Waals surface area (Å²) < 4.78 is 143. The molecule has 0 aromatic heterocycles. The Morgan fingerprint density at radius 3 is 2.00 bits per heavy atom. The Morgan fingerprint density at radius 1 is 0.500 bits per heavy atom. The molecular weight excluding hydrogens is 579 g/mol. The van der Waals surface area contributed by atoms with E-state index in [1.54, 1.807) is 12.1 Å². The molecule has 8 aromatic carbocycles. The predicted molar refractivity (Wildman–Crippen MR) is 205 cm³/mol. The molecule has 48 heavy (non-hydrogen) atoms. The van der Waals surface area contributed by atoms with E-state index in [1.165, 1.54) is 4.90 Å². The Hall–Kier alpha value is -5.92. The van der Waals surface area contributed by atoms with Gasteiger partial charge >= 0.3 is 0 Å². The van der Waals surface area contributed by atoms with Crippen LogP contribution in [-0.2, 0) is 5.41 Å². The molecule has 0 saturated heterocycles. The Balaban J connectivity index is 1.50. The highest BCUT2D eigenvalue weighted by atomic mass is 15.1. The van der Waals surface area contributed by atoms with Gasteiger partial charge in [0.1, 0.15) is 0 Å². The molecule has 1 nitrogen and oxygen atoms in total. The maximum atomic E-state index is 9.74. The smallest absolute Gasteiger partial charge is 0.0651 e. The molecule has 9 rings (SSSR count). The van der Waals surface area contributed by atoms with Crippen LogP contribution in [0.4, 0.5) is 17.1 Å². The second kappa shape index (κ2) is 11.1. The van der Waals surface area contributed by atoms with Crippen LogP contribution in [0.15, 0.2) is 176 Å². The number of fused-ring (bicyclic) bond motifs is 3. The molecule has 1 aliphatic carbocycles. The van der Waals surface area contributed by atoms with Crippen molar-refractivity contribution in [1.82, 2.24) is 0 Å². The first-order chi connectivity index (χ1) is 30.2. The van der Waals surface area contributed by atoms with E-state index in [4.69, 9.17) is 12.3 Å². The van der Waals surface area contributed by atoms with Crippen molar-refractivity contribution in [2.24, 2.45) is 0 Å². The molecule has 0 saturated carbocycles.